The van der Waals surface area contributed by atoms with Gasteiger partial charge in [-0.3, -0.25) is 9.59 Å². The highest BCUT2D eigenvalue weighted by Crippen LogP contribution is 2.33. The third-order valence-corrected chi connectivity index (χ3v) is 5.04. The number of benzene rings is 1. The van der Waals surface area contributed by atoms with Gasteiger partial charge in [-0.05, 0) is 48.5 Å². The minimum atomic E-state index is -0.506. The van der Waals surface area contributed by atoms with Crippen LogP contribution in [-0.4, -0.2) is 21.4 Å². The number of aromatic nitrogens is 2. The Bertz CT molecular complexity index is 1100. The van der Waals surface area contributed by atoms with Crippen LogP contribution in [0, 0.1) is 0 Å². The van der Waals surface area contributed by atoms with Crippen LogP contribution in [0.2, 0.25) is 0 Å². The standard InChI is InChI=1S/C19H14N4O2S/c20-17(24)12-5-7-13(8-6-12)22-18(25)16-15(23-10-1-2-11-23)14-4-3-9-21-19(14)26-16/h1-11H,(H2,20,24)(H,22,25). The first-order valence-corrected chi connectivity index (χ1v) is 8.67. The number of fused-ring (bicyclic) bond motifs is 1. The van der Waals surface area contributed by atoms with Crippen molar-refractivity contribution in [3.8, 4) is 5.69 Å². The summed E-state index contributed by atoms with van der Waals surface area (Å²) in [5.74, 6) is -0.739. The van der Waals surface area contributed by atoms with Crippen LogP contribution in [0.15, 0.2) is 67.1 Å². The molecule has 0 bridgehead atoms. The van der Waals surface area contributed by atoms with E-state index in [0.29, 0.717) is 16.1 Å². The van der Waals surface area contributed by atoms with Crippen molar-refractivity contribution in [2.24, 2.45) is 5.73 Å². The van der Waals surface area contributed by atoms with E-state index in [-0.39, 0.29) is 5.91 Å². The molecule has 0 saturated heterocycles. The quantitative estimate of drug-likeness (QED) is 0.583. The number of rotatable bonds is 4. The molecule has 3 aromatic heterocycles. The minimum Gasteiger partial charge on any atom is -0.366 e. The van der Waals surface area contributed by atoms with Gasteiger partial charge < -0.3 is 15.6 Å². The van der Waals surface area contributed by atoms with E-state index in [2.05, 4.69) is 10.3 Å². The van der Waals surface area contributed by atoms with Gasteiger partial charge in [-0.15, -0.1) is 11.3 Å². The summed E-state index contributed by atoms with van der Waals surface area (Å²) in [6.07, 6.45) is 5.50. The summed E-state index contributed by atoms with van der Waals surface area (Å²) in [6, 6.07) is 14.1. The van der Waals surface area contributed by atoms with E-state index >= 15 is 0 Å². The Hall–Kier alpha value is -3.45. The summed E-state index contributed by atoms with van der Waals surface area (Å²) in [6.45, 7) is 0. The molecule has 0 atom stereocenters. The molecule has 0 aliphatic heterocycles. The Morgan fingerprint density at radius 2 is 1.77 bits per heavy atom. The van der Waals surface area contributed by atoms with Gasteiger partial charge in [-0.1, -0.05) is 0 Å². The van der Waals surface area contributed by atoms with Crippen LogP contribution in [0.3, 0.4) is 0 Å². The number of nitrogens with zero attached hydrogens (tertiary/aromatic N) is 2. The van der Waals surface area contributed by atoms with E-state index in [4.69, 9.17) is 5.73 Å². The summed E-state index contributed by atoms with van der Waals surface area (Å²) in [5, 5.41) is 3.79. The molecule has 1 aromatic carbocycles. The SMILES string of the molecule is NC(=O)c1ccc(NC(=O)c2sc3ncccc3c2-n2cccc2)cc1. The second-order valence-corrected chi connectivity index (χ2v) is 6.62. The molecule has 26 heavy (non-hydrogen) atoms. The van der Waals surface area contributed by atoms with Crippen LogP contribution in [0.5, 0.6) is 0 Å². The largest absolute Gasteiger partial charge is 0.366 e. The van der Waals surface area contributed by atoms with Gasteiger partial charge in [0.2, 0.25) is 5.91 Å². The second-order valence-electron chi connectivity index (χ2n) is 5.62. The molecular formula is C19H14N4O2S. The molecule has 6 nitrogen and oxygen atoms in total. The van der Waals surface area contributed by atoms with Gasteiger partial charge in [0.15, 0.2) is 0 Å². The van der Waals surface area contributed by atoms with Crippen molar-refractivity contribution in [2.75, 3.05) is 5.32 Å². The van der Waals surface area contributed by atoms with E-state index in [1.807, 2.05) is 41.2 Å². The molecule has 7 heteroatoms. The van der Waals surface area contributed by atoms with Crippen molar-refractivity contribution in [3.05, 3.63) is 77.6 Å². The molecule has 0 fully saturated rings. The van der Waals surface area contributed by atoms with Gasteiger partial charge in [-0.2, -0.15) is 0 Å². The average Bonchev–Trinajstić information content (AvgIpc) is 3.29. The zero-order valence-electron chi connectivity index (χ0n) is 13.5. The normalized spacial score (nSPS) is 10.8. The zero-order chi connectivity index (χ0) is 18.1. The van der Waals surface area contributed by atoms with Gasteiger partial charge in [0, 0.05) is 35.2 Å². The smallest absolute Gasteiger partial charge is 0.267 e. The number of hydrogen-bond donors (Lipinski definition) is 2. The summed E-state index contributed by atoms with van der Waals surface area (Å²) >= 11 is 1.34. The van der Waals surface area contributed by atoms with Crippen molar-refractivity contribution in [1.29, 1.82) is 0 Å². The van der Waals surface area contributed by atoms with Crippen molar-refractivity contribution >= 4 is 39.1 Å². The number of carbonyl (C=O) groups is 2. The highest BCUT2D eigenvalue weighted by atomic mass is 32.1. The van der Waals surface area contributed by atoms with Gasteiger partial charge in [-0.25, -0.2) is 4.98 Å². The Labute approximate surface area is 152 Å². The van der Waals surface area contributed by atoms with Crippen molar-refractivity contribution in [3.63, 3.8) is 0 Å². The molecule has 0 aliphatic carbocycles. The van der Waals surface area contributed by atoms with Crippen LogP contribution in [-0.2, 0) is 0 Å². The Morgan fingerprint density at radius 3 is 2.46 bits per heavy atom. The molecule has 0 aliphatic rings. The van der Waals surface area contributed by atoms with Crippen LogP contribution >= 0.6 is 11.3 Å². The van der Waals surface area contributed by atoms with Crippen LogP contribution in [0.1, 0.15) is 20.0 Å². The molecule has 128 valence electrons. The minimum absolute atomic E-state index is 0.233. The van der Waals surface area contributed by atoms with E-state index in [9.17, 15) is 9.59 Å². The van der Waals surface area contributed by atoms with Gasteiger partial charge in [0.25, 0.3) is 5.91 Å². The first-order valence-electron chi connectivity index (χ1n) is 7.85. The summed E-state index contributed by atoms with van der Waals surface area (Å²) in [5.41, 5.74) is 7.02. The summed E-state index contributed by atoms with van der Waals surface area (Å²) in [4.78, 5) is 29.8. The lowest BCUT2D eigenvalue weighted by Crippen LogP contribution is -2.14. The maximum atomic E-state index is 12.9. The van der Waals surface area contributed by atoms with Crippen molar-refractivity contribution in [2.45, 2.75) is 0 Å². The zero-order valence-corrected chi connectivity index (χ0v) is 14.4. The molecule has 3 N–H and O–H groups in total. The molecule has 0 unspecified atom stereocenters. The molecule has 0 saturated carbocycles. The van der Waals surface area contributed by atoms with Gasteiger partial charge in [0.1, 0.15) is 9.71 Å². The summed E-state index contributed by atoms with van der Waals surface area (Å²) in [7, 11) is 0. The molecule has 0 spiro atoms. The molecular weight excluding hydrogens is 348 g/mol. The predicted molar refractivity (Wildman–Crippen MR) is 102 cm³/mol. The van der Waals surface area contributed by atoms with E-state index in [1.165, 1.54) is 11.3 Å². The molecule has 2 amide bonds. The highest BCUT2D eigenvalue weighted by molar-refractivity contribution is 7.21. The lowest BCUT2D eigenvalue weighted by molar-refractivity contribution is 0.0998. The number of primary amides is 1. The molecule has 3 heterocycles. The number of nitrogens with one attached hydrogen (secondary N) is 1. The molecule has 4 rings (SSSR count). The Morgan fingerprint density at radius 1 is 1.04 bits per heavy atom. The lowest BCUT2D eigenvalue weighted by Gasteiger charge is -2.08. The second kappa shape index (κ2) is 6.45. The fraction of sp³-hybridized carbons (Fsp3) is 0. The fourth-order valence-corrected chi connectivity index (χ4v) is 3.76. The lowest BCUT2D eigenvalue weighted by atomic mass is 10.2. The van der Waals surface area contributed by atoms with Crippen molar-refractivity contribution in [1.82, 2.24) is 9.55 Å². The Balaban J connectivity index is 1.73. The van der Waals surface area contributed by atoms with Crippen LogP contribution < -0.4 is 11.1 Å². The first kappa shape index (κ1) is 16.0. The summed E-state index contributed by atoms with van der Waals surface area (Å²) < 4.78 is 1.91. The van der Waals surface area contributed by atoms with Crippen molar-refractivity contribution < 1.29 is 9.59 Å². The van der Waals surface area contributed by atoms with Gasteiger partial charge >= 0.3 is 0 Å². The number of amides is 2. The number of pyridine rings is 1. The third-order valence-electron chi connectivity index (χ3n) is 3.94. The Kier molecular flexibility index (Phi) is 3.98. The highest BCUT2D eigenvalue weighted by Gasteiger charge is 2.20. The third kappa shape index (κ3) is 2.84. The maximum Gasteiger partial charge on any atom is 0.267 e. The van der Waals surface area contributed by atoms with E-state index in [1.54, 1.807) is 30.5 Å². The predicted octanol–water partition coefficient (Wildman–Crippen LogP) is 3.44. The fourth-order valence-electron chi connectivity index (χ4n) is 2.72. The number of anilines is 1. The van der Waals surface area contributed by atoms with Crippen LogP contribution in [0.25, 0.3) is 15.9 Å². The number of carbonyl (C=O) groups excluding carboxylic acids is 2. The topological polar surface area (TPSA) is 90.0 Å². The average molecular weight is 362 g/mol. The number of thiophene rings is 1. The number of hydrogen-bond acceptors (Lipinski definition) is 4. The first-order chi connectivity index (χ1) is 12.6. The molecule has 4 aromatic rings. The van der Waals surface area contributed by atoms with Gasteiger partial charge in [0.05, 0.1) is 5.69 Å². The van der Waals surface area contributed by atoms with E-state index in [0.717, 1.165) is 15.9 Å². The monoisotopic (exact) mass is 362 g/mol. The van der Waals surface area contributed by atoms with E-state index < -0.39 is 5.91 Å². The maximum absolute atomic E-state index is 12.9. The molecule has 0 radical (unpaired) electrons. The number of nitrogens with two attached hydrogens (primary N) is 1. The van der Waals surface area contributed by atoms with Crippen LogP contribution in [0.4, 0.5) is 5.69 Å².